The van der Waals surface area contributed by atoms with Gasteiger partial charge in [-0.1, -0.05) is 33.6 Å². The number of phenols is 1. The van der Waals surface area contributed by atoms with E-state index in [9.17, 15) is 35.4 Å². The summed E-state index contributed by atoms with van der Waals surface area (Å²) in [7, 11) is 2.09. The summed E-state index contributed by atoms with van der Waals surface area (Å²) in [6.45, 7) is 10.6. The van der Waals surface area contributed by atoms with Crippen molar-refractivity contribution in [3.8, 4) is 5.75 Å². The van der Waals surface area contributed by atoms with E-state index in [2.05, 4.69) is 32.7 Å². The molecule has 1 aromatic carbocycles. The molecule has 12 heteroatoms. The van der Waals surface area contributed by atoms with Crippen LogP contribution in [0.3, 0.4) is 0 Å². The van der Waals surface area contributed by atoms with Crippen LogP contribution in [0.25, 0.3) is 0 Å². The molecule has 1 aromatic rings. The Morgan fingerprint density at radius 1 is 0.903 bits per heavy atom. The fraction of sp³-hybridized carbons (Fsp3) is 0.684. The molecule has 31 heavy (non-hydrogen) atoms. The van der Waals surface area contributed by atoms with Gasteiger partial charge in [-0.15, -0.1) is 0 Å². The van der Waals surface area contributed by atoms with Crippen LogP contribution in [-0.2, 0) is 0 Å². The van der Waals surface area contributed by atoms with Gasteiger partial charge in [0.05, 0.1) is 33.0 Å². The number of hydrogen-bond acceptors (Lipinski definition) is 9. The van der Waals surface area contributed by atoms with Gasteiger partial charge in [-0.3, -0.25) is 30.3 Å². The molecule has 0 bridgehead atoms. The third kappa shape index (κ3) is 11.2. The van der Waals surface area contributed by atoms with Crippen molar-refractivity contribution >= 4 is 17.1 Å². The number of nitro benzene ring substituents is 3. The second-order valence-corrected chi connectivity index (χ2v) is 8.10. The molecule has 2 N–H and O–H groups in total. The van der Waals surface area contributed by atoms with Crippen LogP contribution in [0.1, 0.15) is 47.0 Å². The van der Waals surface area contributed by atoms with E-state index in [-0.39, 0.29) is 6.10 Å². The van der Waals surface area contributed by atoms with E-state index in [0.717, 1.165) is 24.9 Å². The predicted molar refractivity (Wildman–Crippen MR) is 115 cm³/mol. The summed E-state index contributed by atoms with van der Waals surface area (Å²) in [6, 6.07) is 0.894. The molecule has 0 aliphatic heterocycles. The van der Waals surface area contributed by atoms with Crippen LogP contribution in [0.5, 0.6) is 5.75 Å². The van der Waals surface area contributed by atoms with Crippen molar-refractivity contribution in [2.75, 3.05) is 20.1 Å². The second-order valence-electron chi connectivity index (χ2n) is 8.10. The number of nitrogens with zero attached hydrogens (tertiary/aromatic N) is 4. The number of hydrogen-bond donors (Lipinski definition) is 2. The first-order valence-corrected chi connectivity index (χ1v) is 9.92. The molecule has 0 radical (unpaired) electrons. The minimum absolute atomic E-state index is 0.210. The van der Waals surface area contributed by atoms with Gasteiger partial charge in [-0.05, 0) is 32.2 Å². The average molecular weight is 444 g/mol. The minimum Gasteiger partial charge on any atom is -0.497 e. The van der Waals surface area contributed by atoms with Crippen LogP contribution in [-0.4, -0.2) is 56.1 Å². The highest BCUT2D eigenvalue weighted by molar-refractivity contribution is 5.64. The van der Waals surface area contributed by atoms with E-state index in [1.807, 2.05) is 6.92 Å². The molecule has 12 nitrogen and oxygen atoms in total. The summed E-state index contributed by atoms with van der Waals surface area (Å²) in [5.74, 6) is 0.362. The van der Waals surface area contributed by atoms with Crippen molar-refractivity contribution in [1.82, 2.24) is 4.90 Å². The van der Waals surface area contributed by atoms with Gasteiger partial charge in [0, 0.05) is 13.1 Å². The molecule has 176 valence electrons. The second kappa shape index (κ2) is 13.4. The molecule has 0 fully saturated rings. The first-order valence-electron chi connectivity index (χ1n) is 9.92. The highest BCUT2D eigenvalue weighted by Crippen LogP contribution is 2.38. The zero-order chi connectivity index (χ0) is 24.3. The van der Waals surface area contributed by atoms with Crippen LogP contribution >= 0.6 is 0 Å². The Balaban J connectivity index is 0.000000582. The maximum atomic E-state index is 10.4. The van der Waals surface area contributed by atoms with Crippen molar-refractivity contribution in [2.45, 2.75) is 53.1 Å². The molecule has 0 heterocycles. The predicted octanol–water partition coefficient (Wildman–Crippen LogP) is 3.88. The molecule has 2 atom stereocenters. The van der Waals surface area contributed by atoms with Crippen molar-refractivity contribution < 1.29 is 25.0 Å². The molecule has 0 saturated carbocycles. The lowest BCUT2D eigenvalue weighted by molar-refractivity contribution is -0.404. The van der Waals surface area contributed by atoms with E-state index in [1.54, 1.807) is 0 Å². The van der Waals surface area contributed by atoms with Crippen molar-refractivity contribution in [3.05, 3.63) is 42.5 Å². The summed E-state index contributed by atoms with van der Waals surface area (Å²) in [6.07, 6.45) is 3.77. The van der Waals surface area contributed by atoms with Gasteiger partial charge in [-0.2, -0.15) is 0 Å². The van der Waals surface area contributed by atoms with E-state index in [0.29, 0.717) is 12.1 Å². The fourth-order valence-electron chi connectivity index (χ4n) is 3.00. The Hall–Kier alpha value is -2.86. The maximum Gasteiger partial charge on any atom is 0.324 e. The molecule has 0 aliphatic rings. The van der Waals surface area contributed by atoms with Gasteiger partial charge in [-0.25, -0.2) is 0 Å². The molecule has 0 aromatic heterocycles. The Labute approximate surface area is 180 Å². The smallest absolute Gasteiger partial charge is 0.324 e. The van der Waals surface area contributed by atoms with Crippen LogP contribution in [0.2, 0.25) is 0 Å². The summed E-state index contributed by atoms with van der Waals surface area (Å²) in [4.78, 5) is 30.0. The molecule has 0 amide bonds. The van der Waals surface area contributed by atoms with E-state index in [4.69, 9.17) is 5.11 Å². The standard InChI is InChI=1S/C13H29NO.C6H3N3O7/c1-11(2)7-6-8-12(3)9-14(5)10-13(4)15;10-6-4(8(13)14)1-3(7(11)12)2-5(6)9(15)16/h11-13,15H,6-10H2,1-5H3;1-2,10H. The fourth-order valence-corrected chi connectivity index (χ4v) is 3.00. The normalized spacial score (nSPS) is 12.8. The Morgan fingerprint density at radius 3 is 1.74 bits per heavy atom. The Kier molecular flexibility index (Phi) is 12.2. The molecule has 1 rings (SSSR count). The molecule has 2 unspecified atom stereocenters. The summed E-state index contributed by atoms with van der Waals surface area (Å²) in [5, 5.41) is 49.5. The zero-order valence-electron chi connectivity index (χ0n) is 18.6. The lowest BCUT2D eigenvalue weighted by Crippen LogP contribution is -2.31. The third-order valence-corrected chi connectivity index (χ3v) is 4.34. The summed E-state index contributed by atoms with van der Waals surface area (Å²) >= 11 is 0. The molecule has 0 saturated heterocycles. The largest absolute Gasteiger partial charge is 0.497 e. The van der Waals surface area contributed by atoms with Crippen molar-refractivity contribution in [3.63, 3.8) is 0 Å². The van der Waals surface area contributed by atoms with Gasteiger partial charge in [0.1, 0.15) is 0 Å². The SMILES string of the molecule is CC(C)CCCC(C)CN(C)CC(C)O.O=[N+]([O-])c1cc([N+](=O)[O-])c(O)c([N+](=O)[O-])c1. The minimum atomic E-state index is -1.21. The van der Waals surface area contributed by atoms with E-state index < -0.39 is 37.6 Å². The van der Waals surface area contributed by atoms with Gasteiger partial charge in [0.15, 0.2) is 0 Å². The van der Waals surface area contributed by atoms with Gasteiger partial charge in [0.2, 0.25) is 0 Å². The van der Waals surface area contributed by atoms with Crippen LogP contribution in [0.15, 0.2) is 12.1 Å². The van der Waals surface area contributed by atoms with Crippen molar-refractivity contribution in [2.24, 2.45) is 11.8 Å². The van der Waals surface area contributed by atoms with Crippen LogP contribution in [0.4, 0.5) is 17.1 Å². The number of benzene rings is 1. The highest BCUT2D eigenvalue weighted by atomic mass is 16.6. The van der Waals surface area contributed by atoms with E-state index in [1.165, 1.54) is 19.3 Å². The van der Waals surface area contributed by atoms with Crippen LogP contribution in [0, 0.1) is 42.2 Å². The summed E-state index contributed by atoms with van der Waals surface area (Å²) in [5.41, 5.74) is -3.00. The number of non-ortho nitro benzene ring substituents is 1. The molecule has 0 aliphatic carbocycles. The third-order valence-electron chi connectivity index (χ3n) is 4.34. The maximum absolute atomic E-state index is 10.4. The molecule has 0 spiro atoms. The number of aliphatic hydroxyl groups excluding tert-OH is 1. The van der Waals surface area contributed by atoms with Gasteiger partial charge >= 0.3 is 11.4 Å². The number of phenolic OH excluding ortho intramolecular Hbond substituents is 1. The molecular weight excluding hydrogens is 412 g/mol. The van der Waals surface area contributed by atoms with Crippen molar-refractivity contribution in [1.29, 1.82) is 0 Å². The highest BCUT2D eigenvalue weighted by Gasteiger charge is 2.30. The lowest BCUT2D eigenvalue weighted by Gasteiger charge is -2.22. The topological polar surface area (TPSA) is 173 Å². The quantitative estimate of drug-likeness (QED) is 0.379. The van der Waals surface area contributed by atoms with Gasteiger partial charge in [0.25, 0.3) is 11.4 Å². The van der Waals surface area contributed by atoms with Crippen LogP contribution < -0.4 is 0 Å². The first kappa shape index (κ1) is 28.1. The summed E-state index contributed by atoms with van der Waals surface area (Å²) < 4.78 is 0. The molecular formula is C19H32N4O8. The number of likely N-dealkylation sites (N-methyl/N-ethyl adjacent to an activating group) is 1. The average Bonchev–Trinajstić information content (AvgIpc) is 2.60. The van der Waals surface area contributed by atoms with E-state index >= 15 is 0 Å². The lowest BCUT2D eigenvalue weighted by atomic mass is 9.99. The zero-order valence-corrected chi connectivity index (χ0v) is 18.6. The van der Waals surface area contributed by atoms with Gasteiger partial charge < -0.3 is 15.1 Å². The monoisotopic (exact) mass is 444 g/mol. The number of rotatable bonds is 11. The Bertz CT molecular complexity index is 719. The Morgan fingerprint density at radius 2 is 1.39 bits per heavy atom. The number of aromatic hydroxyl groups is 1. The number of aliphatic hydroxyl groups is 1. The first-order chi connectivity index (χ1) is 14.3. The number of nitro groups is 3.